The molecule has 0 bridgehead atoms. The topological polar surface area (TPSA) is 46.2 Å². The first kappa shape index (κ1) is 14.0. The maximum Gasteiger partial charge on any atom is 0.416 e. The molecule has 0 saturated heterocycles. The van der Waals surface area contributed by atoms with Crippen LogP contribution in [0.3, 0.4) is 0 Å². The highest BCUT2D eigenvalue weighted by Crippen LogP contribution is 2.30. The van der Waals surface area contributed by atoms with Crippen LogP contribution in [0.15, 0.2) is 24.3 Å². The fraction of sp³-hybridized carbons (Fsp3) is 0.400. The minimum Gasteiger partial charge on any atom is -0.213 e. The number of hydrogen-bond donors (Lipinski definition) is 1. The summed E-state index contributed by atoms with van der Waals surface area (Å²) in [6, 6.07) is 3.86. The molecular weight excluding hydrogens is 255 g/mol. The maximum absolute atomic E-state index is 12.4. The van der Waals surface area contributed by atoms with E-state index >= 15 is 0 Å². The van der Waals surface area contributed by atoms with Gasteiger partial charge in [0, 0.05) is 6.04 Å². The number of alkyl halides is 3. The molecule has 0 amide bonds. The summed E-state index contributed by atoms with van der Waals surface area (Å²) in [7, 11) is -3.45. The summed E-state index contributed by atoms with van der Waals surface area (Å²) in [6.07, 6.45) is -3.47. The van der Waals surface area contributed by atoms with Crippen LogP contribution in [-0.4, -0.2) is 14.7 Å². The smallest absolute Gasteiger partial charge is 0.213 e. The molecule has 0 unspecified atom stereocenters. The third kappa shape index (κ3) is 4.35. The number of halogens is 3. The predicted octanol–water partition coefficient (Wildman–Crippen LogP) is 2.32. The van der Waals surface area contributed by atoms with E-state index < -0.39 is 27.8 Å². The molecule has 96 valence electrons. The van der Waals surface area contributed by atoms with Crippen molar-refractivity contribution in [3.05, 3.63) is 35.4 Å². The zero-order valence-electron chi connectivity index (χ0n) is 9.25. The zero-order valence-corrected chi connectivity index (χ0v) is 10.1. The molecule has 0 aliphatic heterocycles. The van der Waals surface area contributed by atoms with Crippen LogP contribution >= 0.6 is 0 Å². The summed E-state index contributed by atoms with van der Waals surface area (Å²) >= 11 is 0. The molecule has 7 heteroatoms. The van der Waals surface area contributed by atoms with Crippen molar-refractivity contribution < 1.29 is 21.6 Å². The Kier molecular flexibility index (Phi) is 3.83. The number of rotatable bonds is 3. The number of sulfonamides is 1. The van der Waals surface area contributed by atoms with Gasteiger partial charge in [-0.25, -0.2) is 13.1 Å². The Bertz CT molecular complexity index is 497. The van der Waals surface area contributed by atoms with Crippen LogP contribution in [0, 0.1) is 0 Å². The normalized spacial score (nSPS) is 14.6. The van der Waals surface area contributed by atoms with Crippen molar-refractivity contribution in [3.63, 3.8) is 0 Å². The second-order valence-corrected chi connectivity index (χ2v) is 5.51. The van der Waals surface area contributed by atoms with Crippen LogP contribution in [0.1, 0.15) is 24.1 Å². The lowest BCUT2D eigenvalue weighted by molar-refractivity contribution is -0.137. The first-order valence-electron chi connectivity index (χ1n) is 4.74. The molecule has 0 aliphatic carbocycles. The molecule has 1 aromatic rings. The third-order valence-corrected chi connectivity index (χ3v) is 2.89. The Hall–Kier alpha value is -1.08. The molecule has 17 heavy (non-hydrogen) atoms. The Morgan fingerprint density at radius 1 is 1.29 bits per heavy atom. The molecule has 3 nitrogen and oxygen atoms in total. The van der Waals surface area contributed by atoms with E-state index in [1.807, 2.05) is 0 Å². The first-order chi connectivity index (χ1) is 7.59. The summed E-state index contributed by atoms with van der Waals surface area (Å²) in [5, 5.41) is 0. The van der Waals surface area contributed by atoms with Gasteiger partial charge in [-0.15, -0.1) is 0 Å². The van der Waals surface area contributed by atoms with Gasteiger partial charge >= 0.3 is 6.18 Å². The summed E-state index contributed by atoms with van der Waals surface area (Å²) < 4.78 is 61.4. The highest BCUT2D eigenvalue weighted by molar-refractivity contribution is 7.88. The van der Waals surface area contributed by atoms with Gasteiger partial charge in [-0.05, 0) is 24.6 Å². The van der Waals surface area contributed by atoms with Crippen molar-refractivity contribution in [2.75, 3.05) is 6.26 Å². The lowest BCUT2D eigenvalue weighted by atomic mass is 10.1. The quantitative estimate of drug-likeness (QED) is 0.913. The van der Waals surface area contributed by atoms with Crippen LogP contribution in [0.5, 0.6) is 0 Å². The summed E-state index contributed by atoms with van der Waals surface area (Å²) in [4.78, 5) is 0. The van der Waals surface area contributed by atoms with E-state index in [0.717, 1.165) is 18.4 Å². The lowest BCUT2D eigenvalue weighted by Crippen LogP contribution is -2.25. The Balaban J connectivity index is 3.00. The van der Waals surface area contributed by atoms with Crippen LogP contribution in [0.4, 0.5) is 13.2 Å². The Labute approximate surface area is 97.7 Å². The number of hydrogen-bond acceptors (Lipinski definition) is 2. The summed E-state index contributed by atoms with van der Waals surface area (Å²) in [5.74, 6) is 0. The van der Waals surface area contributed by atoms with Crippen molar-refractivity contribution in [1.82, 2.24) is 4.72 Å². The van der Waals surface area contributed by atoms with E-state index in [4.69, 9.17) is 0 Å². The highest BCUT2D eigenvalue weighted by Gasteiger charge is 2.30. The molecule has 1 N–H and O–H groups in total. The molecule has 1 rings (SSSR count). The molecule has 0 spiro atoms. The van der Waals surface area contributed by atoms with E-state index in [-0.39, 0.29) is 5.56 Å². The summed E-state index contributed by atoms with van der Waals surface area (Å²) in [6.45, 7) is 1.48. The van der Waals surface area contributed by atoms with Gasteiger partial charge in [0.25, 0.3) is 0 Å². The van der Waals surface area contributed by atoms with E-state index in [9.17, 15) is 21.6 Å². The second kappa shape index (κ2) is 4.66. The van der Waals surface area contributed by atoms with Gasteiger partial charge in [-0.2, -0.15) is 13.2 Å². The van der Waals surface area contributed by atoms with Crippen LogP contribution in [0.25, 0.3) is 0 Å². The number of benzene rings is 1. The van der Waals surface area contributed by atoms with Gasteiger partial charge in [-0.1, -0.05) is 12.1 Å². The van der Waals surface area contributed by atoms with Crippen molar-refractivity contribution in [1.29, 1.82) is 0 Å². The van der Waals surface area contributed by atoms with Gasteiger partial charge in [0.1, 0.15) is 0 Å². The first-order valence-corrected chi connectivity index (χ1v) is 6.63. The van der Waals surface area contributed by atoms with Crippen LogP contribution < -0.4 is 4.72 Å². The maximum atomic E-state index is 12.4. The minimum absolute atomic E-state index is 0.269. The molecule has 0 radical (unpaired) electrons. The molecule has 0 heterocycles. The van der Waals surface area contributed by atoms with Crippen molar-refractivity contribution in [2.45, 2.75) is 19.1 Å². The Morgan fingerprint density at radius 3 is 2.35 bits per heavy atom. The lowest BCUT2D eigenvalue weighted by Gasteiger charge is -2.14. The van der Waals surface area contributed by atoms with Crippen molar-refractivity contribution in [2.24, 2.45) is 0 Å². The van der Waals surface area contributed by atoms with Gasteiger partial charge < -0.3 is 0 Å². The minimum atomic E-state index is -4.43. The second-order valence-electron chi connectivity index (χ2n) is 3.73. The van der Waals surface area contributed by atoms with Gasteiger partial charge in [-0.3, -0.25) is 0 Å². The molecule has 0 aromatic heterocycles. The van der Waals surface area contributed by atoms with E-state index in [1.54, 1.807) is 0 Å². The SMILES string of the molecule is C[C@@H](NS(C)(=O)=O)c1cccc(C(F)(F)F)c1. The molecule has 0 aliphatic rings. The summed E-state index contributed by atoms with van der Waals surface area (Å²) in [5.41, 5.74) is -0.526. The molecule has 0 fully saturated rings. The fourth-order valence-electron chi connectivity index (χ4n) is 1.37. The molecular formula is C10H12F3NO2S. The standard InChI is InChI=1S/C10H12F3NO2S/c1-7(14-17(2,15)16)8-4-3-5-9(6-8)10(11,12)13/h3-7,14H,1-2H3/t7-/m1/s1. The molecule has 1 aromatic carbocycles. The predicted molar refractivity (Wildman–Crippen MR) is 57.8 cm³/mol. The molecule has 0 saturated carbocycles. The van der Waals surface area contributed by atoms with E-state index in [0.29, 0.717) is 0 Å². The van der Waals surface area contributed by atoms with E-state index in [2.05, 4.69) is 4.72 Å². The van der Waals surface area contributed by atoms with Crippen molar-refractivity contribution in [3.8, 4) is 0 Å². The van der Waals surface area contributed by atoms with Gasteiger partial charge in [0.05, 0.1) is 11.8 Å². The fourth-order valence-corrected chi connectivity index (χ4v) is 2.15. The van der Waals surface area contributed by atoms with Crippen molar-refractivity contribution >= 4 is 10.0 Å². The molecule has 1 atom stereocenters. The number of nitrogens with one attached hydrogen (secondary N) is 1. The van der Waals surface area contributed by atoms with Crippen LogP contribution in [-0.2, 0) is 16.2 Å². The third-order valence-electron chi connectivity index (χ3n) is 2.10. The van der Waals surface area contributed by atoms with Gasteiger partial charge in [0.2, 0.25) is 10.0 Å². The highest BCUT2D eigenvalue weighted by atomic mass is 32.2. The van der Waals surface area contributed by atoms with Gasteiger partial charge in [0.15, 0.2) is 0 Å². The average Bonchev–Trinajstić information content (AvgIpc) is 2.14. The van der Waals surface area contributed by atoms with E-state index in [1.165, 1.54) is 19.1 Å². The zero-order chi connectivity index (χ0) is 13.3. The average molecular weight is 267 g/mol. The Morgan fingerprint density at radius 2 is 1.88 bits per heavy atom. The monoisotopic (exact) mass is 267 g/mol. The largest absolute Gasteiger partial charge is 0.416 e. The van der Waals surface area contributed by atoms with Crippen LogP contribution in [0.2, 0.25) is 0 Å².